The topological polar surface area (TPSA) is 46.1 Å². The van der Waals surface area contributed by atoms with E-state index in [0.717, 1.165) is 28.1 Å². The van der Waals surface area contributed by atoms with E-state index < -0.39 is 0 Å². The molecule has 3 aromatic rings. The molecule has 1 atom stereocenters. The van der Waals surface area contributed by atoms with Crippen LogP contribution in [0.4, 0.5) is 0 Å². The standard InChI is InChI=1S/C17H11Cl4N3OS/c18-11-12(19)14(23-15(21)13(11)20)17(25)24-7-3-5-9(24)16-22-8-4-1-2-6-10(8)26-16/h1-2,4,6,9H,3,5,7H2/t9-/m0/s1. The van der Waals surface area contributed by atoms with Gasteiger partial charge in [-0.3, -0.25) is 4.79 Å². The molecular formula is C17H11Cl4N3OS. The van der Waals surface area contributed by atoms with Crippen LogP contribution in [0.5, 0.6) is 0 Å². The summed E-state index contributed by atoms with van der Waals surface area (Å²) in [5.74, 6) is -0.322. The van der Waals surface area contributed by atoms with Crippen molar-refractivity contribution < 1.29 is 4.79 Å². The normalized spacial score (nSPS) is 17.2. The Kier molecular flexibility index (Phi) is 5.01. The van der Waals surface area contributed by atoms with Crippen molar-refractivity contribution in [3.8, 4) is 0 Å². The number of likely N-dealkylation sites (tertiary alicyclic amines) is 1. The second-order valence-electron chi connectivity index (χ2n) is 5.87. The van der Waals surface area contributed by atoms with Crippen LogP contribution in [-0.2, 0) is 0 Å². The first-order valence-electron chi connectivity index (χ1n) is 7.84. The van der Waals surface area contributed by atoms with Crippen molar-refractivity contribution in [2.75, 3.05) is 6.54 Å². The van der Waals surface area contributed by atoms with E-state index in [1.54, 1.807) is 16.2 Å². The molecule has 0 unspecified atom stereocenters. The Balaban J connectivity index is 1.71. The van der Waals surface area contributed by atoms with Crippen molar-refractivity contribution in [1.82, 2.24) is 14.9 Å². The van der Waals surface area contributed by atoms with E-state index in [4.69, 9.17) is 51.4 Å². The van der Waals surface area contributed by atoms with Gasteiger partial charge < -0.3 is 4.90 Å². The fourth-order valence-electron chi connectivity index (χ4n) is 3.06. The molecule has 26 heavy (non-hydrogen) atoms. The highest BCUT2D eigenvalue weighted by atomic mass is 35.5. The molecule has 9 heteroatoms. The third-order valence-corrected chi connectivity index (χ3v) is 7.11. The lowest BCUT2D eigenvalue weighted by atomic mass is 10.2. The minimum Gasteiger partial charge on any atom is -0.328 e. The summed E-state index contributed by atoms with van der Waals surface area (Å²) < 4.78 is 1.09. The first-order chi connectivity index (χ1) is 12.5. The van der Waals surface area contributed by atoms with Crippen molar-refractivity contribution in [2.45, 2.75) is 18.9 Å². The van der Waals surface area contributed by atoms with Gasteiger partial charge in [0.2, 0.25) is 0 Å². The number of benzene rings is 1. The molecule has 3 heterocycles. The van der Waals surface area contributed by atoms with E-state index >= 15 is 0 Å². The third kappa shape index (κ3) is 3.06. The smallest absolute Gasteiger partial charge is 0.274 e. The molecule has 4 rings (SSSR count). The minimum absolute atomic E-state index is 0.0130. The largest absolute Gasteiger partial charge is 0.328 e. The molecule has 0 bridgehead atoms. The van der Waals surface area contributed by atoms with Crippen LogP contribution in [0, 0.1) is 0 Å². The summed E-state index contributed by atoms with van der Waals surface area (Å²) in [5.41, 5.74) is 0.944. The molecule has 134 valence electrons. The van der Waals surface area contributed by atoms with Gasteiger partial charge in [0.05, 0.1) is 31.3 Å². The van der Waals surface area contributed by atoms with Gasteiger partial charge in [-0.05, 0) is 25.0 Å². The summed E-state index contributed by atoms with van der Waals surface area (Å²) in [4.78, 5) is 23.6. The number of pyridine rings is 1. The molecule has 1 saturated heterocycles. The summed E-state index contributed by atoms with van der Waals surface area (Å²) in [6, 6.07) is 7.79. The number of amides is 1. The van der Waals surface area contributed by atoms with Crippen molar-refractivity contribution in [3.05, 3.63) is 55.2 Å². The molecule has 1 aliphatic rings. The minimum atomic E-state index is -0.322. The lowest BCUT2D eigenvalue weighted by Crippen LogP contribution is -2.31. The van der Waals surface area contributed by atoms with Crippen LogP contribution in [0.25, 0.3) is 10.2 Å². The maximum Gasteiger partial charge on any atom is 0.274 e. The molecule has 1 aromatic carbocycles. The number of thiazole rings is 1. The fourth-order valence-corrected chi connectivity index (χ4v) is 4.99. The van der Waals surface area contributed by atoms with E-state index in [2.05, 4.69) is 4.98 Å². The number of halogens is 4. The molecule has 0 aliphatic carbocycles. The van der Waals surface area contributed by atoms with Gasteiger partial charge in [0, 0.05) is 6.54 Å². The summed E-state index contributed by atoms with van der Waals surface area (Å²) in [7, 11) is 0. The summed E-state index contributed by atoms with van der Waals surface area (Å²) in [6.45, 7) is 0.593. The van der Waals surface area contributed by atoms with Gasteiger partial charge in [0.15, 0.2) is 0 Å². The van der Waals surface area contributed by atoms with Crippen LogP contribution < -0.4 is 0 Å². The van der Waals surface area contributed by atoms with Crippen molar-refractivity contribution in [3.63, 3.8) is 0 Å². The highest BCUT2D eigenvalue weighted by Crippen LogP contribution is 2.40. The molecule has 1 aliphatic heterocycles. The van der Waals surface area contributed by atoms with Crippen LogP contribution in [0.15, 0.2) is 24.3 Å². The summed E-state index contributed by atoms with van der Waals surface area (Å²) in [6.07, 6.45) is 1.71. The molecule has 0 radical (unpaired) electrons. The van der Waals surface area contributed by atoms with E-state index in [1.165, 1.54) is 0 Å². The monoisotopic (exact) mass is 445 g/mol. The first kappa shape index (κ1) is 18.3. The molecule has 4 nitrogen and oxygen atoms in total. The number of hydrogen-bond acceptors (Lipinski definition) is 4. The Bertz CT molecular complexity index is 990. The highest BCUT2D eigenvalue weighted by Gasteiger charge is 2.35. The Morgan fingerprint density at radius 3 is 2.62 bits per heavy atom. The van der Waals surface area contributed by atoms with Gasteiger partial charge in [0.25, 0.3) is 5.91 Å². The second-order valence-corrected chi connectivity index (χ2v) is 8.42. The van der Waals surface area contributed by atoms with Gasteiger partial charge >= 0.3 is 0 Å². The van der Waals surface area contributed by atoms with Gasteiger partial charge in [-0.25, -0.2) is 9.97 Å². The lowest BCUT2D eigenvalue weighted by molar-refractivity contribution is 0.0730. The van der Waals surface area contributed by atoms with Crippen LogP contribution >= 0.6 is 57.7 Å². The predicted molar refractivity (Wildman–Crippen MR) is 107 cm³/mol. The van der Waals surface area contributed by atoms with Gasteiger partial charge in [0.1, 0.15) is 15.9 Å². The van der Waals surface area contributed by atoms with Crippen molar-refractivity contribution in [1.29, 1.82) is 0 Å². The average Bonchev–Trinajstić information content (AvgIpc) is 3.28. The number of fused-ring (bicyclic) bond motifs is 1. The van der Waals surface area contributed by atoms with Crippen LogP contribution in [0.2, 0.25) is 20.2 Å². The zero-order valence-electron chi connectivity index (χ0n) is 13.2. The first-order valence-corrected chi connectivity index (χ1v) is 10.2. The molecular weight excluding hydrogens is 436 g/mol. The zero-order valence-corrected chi connectivity index (χ0v) is 17.0. The lowest BCUT2D eigenvalue weighted by Gasteiger charge is -2.23. The number of nitrogens with zero attached hydrogens (tertiary/aromatic N) is 3. The number of aromatic nitrogens is 2. The maximum atomic E-state index is 13.1. The number of carbonyl (C=O) groups excluding carboxylic acids is 1. The molecule has 2 aromatic heterocycles. The predicted octanol–water partition coefficient (Wildman–Crippen LogP) is 6.28. The van der Waals surface area contributed by atoms with E-state index in [0.29, 0.717) is 6.54 Å². The number of carbonyl (C=O) groups is 1. The molecule has 1 amide bonds. The Labute approximate surface area is 173 Å². The van der Waals surface area contributed by atoms with Crippen molar-refractivity contribution in [2.24, 2.45) is 0 Å². The average molecular weight is 447 g/mol. The fraction of sp³-hybridized carbons (Fsp3) is 0.235. The van der Waals surface area contributed by atoms with Crippen LogP contribution in [-0.4, -0.2) is 27.3 Å². The summed E-state index contributed by atoms with van der Waals surface area (Å²) >= 11 is 25.8. The van der Waals surface area contributed by atoms with E-state index in [-0.39, 0.29) is 37.9 Å². The molecule has 1 fully saturated rings. The Hall–Kier alpha value is -1.11. The third-order valence-electron chi connectivity index (χ3n) is 4.30. The maximum absolute atomic E-state index is 13.1. The zero-order chi connectivity index (χ0) is 18.4. The number of hydrogen-bond donors (Lipinski definition) is 0. The van der Waals surface area contributed by atoms with Crippen LogP contribution in [0.3, 0.4) is 0 Å². The molecule has 0 N–H and O–H groups in total. The number of rotatable bonds is 2. The van der Waals surface area contributed by atoms with Gasteiger partial charge in [-0.1, -0.05) is 58.5 Å². The quantitative estimate of drug-likeness (QED) is 0.435. The van der Waals surface area contributed by atoms with Crippen molar-refractivity contribution >= 4 is 73.9 Å². The van der Waals surface area contributed by atoms with Gasteiger partial charge in [-0.15, -0.1) is 11.3 Å². The van der Waals surface area contributed by atoms with E-state index in [1.807, 2.05) is 24.3 Å². The Morgan fingerprint density at radius 2 is 1.85 bits per heavy atom. The Morgan fingerprint density at radius 1 is 1.08 bits per heavy atom. The second kappa shape index (κ2) is 7.13. The van der Waals surface area contributed by atoms with Gasteiger partial charge in [-0.2, -0.15) is 0 Å². The SMILES string of the molecule is O=C(c1nc(Cl)c(Cl)c(Cl)c1Cl)N1CCC[C@H]1c1nc2ccccc2s1. The molecule has 0 spiro atoms. The summed E-state index contributed by atoms with van der Waals surface area (Å²) in [5, 5.41) is 0.951. The molecule has 0 saturated carbocycles. The van der Waals surface area contributed by atoms with E-state index in [9.17, 15) is 4.79 Å². The number of para-hydroxylation sites is 1. The van der Waals surface area contributed by atoms with Crippen LogP contribution in [0.1, 0.15) is 34.4 Å². The highest BCUT2D eigenvalue weighted by molar-refractivity contribution is 7.18.